The van der Waals surface area contributed by atoms with Crippen LogP contribution in [0.25, 0.3) is 11.0 Å². The van der Waals surface area contributed by atoms with Crippen molar-refractivity contribution in [2.24, 2.45) is 0 Å². The van der Waals surface area contributed by atoms with E-state index in [1.807, 2.05) is 38.1 Å². The summed E-state index contributed by atoms with van der Waals surface area (Å²) in [6, 6.07) is 7.73. The maximum absolute atomic E-state index is 12.4. The quantitative estimate of drug-likeness (QED) is 0.684. The van der Waals surface area contributed by atoms with E-state index in [9.17, 15) is 4.21 Å². The lowest BCUT2D eigenvalue weighted by molar-refractivity contribution is 0.669. The minimum Gasteiger partial charge on any atom is -0.365 e. The van der Waals surface area contributed by atoms with E-state index in [0.29, 0.717) is 23.2 Å². The fourth-order valence-electron chi connectivity index (χ4n) is 2.51. The van der Waals surface area contributed by atoms with E-state index in [2.05, 4.69) is 32.2 Å². The highest BCUT2D eigenvalue weighted by Crippen LogP contribution is 2.21. The Labute approximate surface area is 149 Å². The Balaban J connectivity index is 1.98. The molecule has 0 spiro atoms. The van der Waals surface area contributed by atoms with Crippen LogP contribution in [0.3, 0.4) is 0 Å². The van der Waals surface area contributed by atoms with E-state index < -0.39 is 10.8 Å². The van der Waals surface area contributed by atoms with Gasteiger partial charge in [-0.05, 0) is 30.2 Å². The molecule has 0 aromatic carbocycles. The van der Waals surface area contributed by atoms with Crippen molar-refractivity contribution in [3.8, 4) is 0 Å². The van der Waals surface area contributed by atoms with Crippen molar-refractivity contribution >= 4 is 27.7 Å². The van der Waals surface area contributed by atoms with Crippen LogP contribution in [-0.4, -0.2) is 29.4 Å². The first kappa shape index (κ1) is 17.4. The van der Waals surface area contributed by atoms with E-state index >= 15 is 0 Å². The smallest absolute Gasteiger partial charge is 0.222 e. The number of anilines is 1. The van der Waals surface area contributed by atoms with Crippen molar-refractivity contribution in [2.45, 2.75) is 44.1 Å². The average molecular weight is 355 g/mol. The molecule has 3 rings (SSSR count). The molecule has 7 heteroatoms. The molecule has 3 aromatic heterocycles. The van der Waals surface area contributed by atoms with Crippen LogP contribution in [0.1, 0.15) is 32.0 Å². The Hall–Kier alpha value is -2.41. The largest absolute Gasteiger partial charge is 0.365 e. The van der Waals surface area contributed by atoms with Crippen LogP contribution < -0.4 is 5.32 Å². The van der Waals surface area contributed by atoms with Gasteiger partial charge in [0.25, 0.3) is 0 Å². The zero-order chi connectivity index (χ0) is 17.8. The SMILES string of the molecule is CCc1ncccc1CNc1nc(S(=O)C(C)C)nc2ncccc12. The van der Waals surface area contributed by atoms with Gasteiger partial charge >= 0.3 is 0 Å². The molecule has 130 valence electrons. The molecule has 25 heavy (non-hydrogen) atoms. The lowest BCUT2D eigenvalue weighted by Crippen LogP contribution is -2.13. The molecule has 3 heterocycles. The number of nitrogens with one attached hydrogen (secondary N) is 1. The van der Waals surface area contributed by atoms with E-state index in [4.69, 9.17) is 0 Å². The average Bonchev–Trinajstić information content (AvgIpc) is 2.65. The molecule has 0 saturated heterocycles. The van der Waals surface area contributed by atoms with Gasteiger partial charge in [0.2, 0.25) is 5.16 Å². The molecule has 0 aliphatic rings. The molecular weight excluding hydrogens is 334 g/mol. The minimum absolute atomic E-state index is 0.0565. The Morgan fingerprint density at radius 2 is 1.88 bits per heavy atom. The fourth-order valence-corrected chi connectivity index (χ4v) is 3.29. The monoisotopic (exact) mass is 355 g/mol. The van der Waals surface area contributed by atoms with Gasteiger partial charge in [-0.15, -0.1) is 0 Å². The number of rotatable bonds is 6. The lowest BCUT2D eigenvalue weighted by atomic mass is 10.1. The molecule has 1 atom stereocenters. The third kappa shape index (κ3) is 3.82. The van der Waals surface area contributed by atoms with Crippen LogP contribution in [-0.2, 0) is 23.8 Å². The van der Waals surface area contributed by atoms with Crippen LogP contribution in [0.4, 0.5) is 5.82 Å². The van der Waals surface area contributed by atoms with Gasteiger partial charge in [-0.3, -0.25) is 9.19 Å². The third-order valence-corrected chi connectivity index (χ3v) is 5.22. The summed E-state index contributed by atoms with van der Waals surface area (Å²) in [5.74, 6) is 0.646. The molecule has 0 amide bonds. The van der Waals surface area contributed by atoms with Gasteiger partial charge in [0.1, 0.15) is 5.82 Å². The van der Waals surface area contributed by atoms with Gasteiger partial charge in [-0.25, -0.2) is 15.0 Å². The van der Waals surface area contributed by atoms with Gasteiger partial charge in [0, 0.05) is 29.9 Å². The van der Waals surface area contributed by atoms with Crippen molar-refractivity contribution in [2.75, 3.05) is 5.32 Å². The molecule has 0 bridgehead atoms. The lowest BCUT2D eigenvalue weighted by Gasteiger charge is -2.12. The van der Waals surface area contributed by atoms with Crippen LogP contribution in [0, 0.1) is 0 Å². The molecule has 0 saturated carbocycles. The number of fused-ring (bicyclic) bond motifs is 1. The number of aryl methyl sites for hydroxylation is 1. The summed E-state index contributed by atoms with van der Waals surface area (Å²) >= 11 is 0. The summed E-state index contributed by atoms with van der Waals surface area (Å²) in [7, 11) is -1.27. The number of nitrogens with zero attached hydrogens (tertiary/aromatic N) is 4. The highest BCUT2D eigenvalue weighted by Gasteiger charge is 2.16. The first-order valence-electron chi connectivity index (χ1n) is 8.30. The predicted molar refractivity (Wildman–Crippen MR) is 99.8 cm³/mol. The van der Waals surface area contributed by atoms with Gasteiger partial charge in [-0.1, -0.05) is 26.8 Å². The summed E-state index contributed by atoms with van der Waals surface area (Å²) in [6.07, 6.45) is 4.35. The Morgan fingerprint density at radius 1 is 1.12 bits per heavy atom. The van der Waals surface area contributed by atoms with Crippen LogP contribution in [0.2, 0.25) is 0 Å². The number of hydrogen-bond donors (Lipinski definition) is 1. The summed E-state index contributed by atoms with van der Waals surface area (Å²) in [6.45, 7) is 6.45. The van der Waals surface area contributed by atoms with Gasteiger partial charge in [0.05, 0.1) is 16.2 Å². The van der Waals surface area contributed by atoms with Crippen molar-refractivity contribution < 1.29 is 4.21 Å². The zero-order valence-electron chi connectivity index (χ0n) is 14.6. The number of hydrogen-bond acceptors (Lipinski definition) is 6. The van der Waals surface area contributed by atoms with E-state index in [-0.39, 0.29) is 5.25 Å². The molecule has 0 radical (unpaired) electrons. The topological polar surface area (TPSA) is 80.7 Å². The predicted octanol–water partition coefficient (Wildman–Crippen LogP) is 3.11. The van der Waals surface area contributed by atoms with Crippen molar-refractivity contribution in [3.63, 3.8) is 0 Å². The van der Waals surface area contributed by atoms with E-state index in [1.165, 1.54) is 0 Å². The third-order valence-electron chi connectivity index (χ3n) is 3.82. The molecule has 0 aliphatic heterocycles. The van der Waals surface area contributed by atoms with Gasteiger partial charge < -0.3 is 5.32 Å². The van der Waals surface area contributed by atoms with Crippen LogP contribution in [0.5, 0.6) is 0 Å². The summed E-state index contributed by atoms with van der Waals surface area (Å²) in [4.78, 5) is 17.6. The highest BCUT2D eigenvalue weighted by atomic mass is 32.2. The summed E-state index contributed by atoms with van der Waals surface area (Å²) < 4.78 is 12.4. The Morgan fingerprint density at radius 3 is 2.64 bits per heavy atom. The van der Waals surface area contributed by atoms with Gasteiger partial charge in [-0.2, -0.15) is 0 Å². The molecule has 0 fully saturated rings. The fraction of sp³-hybridized carbons (Fsp3) is 0.333. The van der Waals surface area contributed by atoms with Gasteiger partial charge in [0.15, 0.2) is 5.65 Å². The molecule has 3 aromatic rings. The molecule has 1 N–H and O–H groups in total. The van der Waals surface area contributed by atoms with Crippen molar-refractivity contribution in [1.82, 2.24) is 19.9 Å². The maximum Gasteiger partial charge on any atom is 0.222 e. The molecular formula is C18H21N5OS. The van der Waals surface area contributed by atoms with Crippen molar-refractivity contribution in [3.05, 3.63) is 47.9 Å². The minimum atomic E-state index is -1.27. The summed E-state index contributed by atoms with van der Waals surface area (Å²) in [5, 5.41) is 4.42. The number of pyridine rings is 2. The zero-order valence-corrected chi connectivity index (χ0v) is 15.4. The Bertz CT molecular complexity index is 913. The maximum atomic E-state index is 12.4. The first-order valence-corrected chi connectivity index (χ1v) is 9.51. The Kier molecular flexibility index (Phi) is 5.33. The second-order valence-electron chi connectivity index (χ2n) is 5.89. The summed E-state index contributed by atoms with van der Waals surface area (Å²) in [5.41, 5.74) is 2.72. The molecule has 1 unspecified atom stereocenters. The van der Waals surface area contributed by atoms with E-state index in [1.54, 1.807) is 12.4 Å². The van der Waals surface area contributed by atoms with Crippen LogP contribution >= 0.6 is 0 Å². The second-order valence-corrected chi connectivity index (χ2v) is 7.79. The van der Waals surface area contributed by atoms with E-state index in [0.717, 1.165) is 23.1 Å². The molecule has 0 aliphatic carbocycles. The molecule has 6 nitrogen and oxygen atoms in total. The standard InChI is InChI=1S/C18H21N5OS/c1-4-15-13(7-5-9-19-15)11-21-17-14-8-6-10-20-16(14)22-18(23-17)25(24)12(2)3/h5-10,12H,4,11H2,1-3H3,(H,20,21,22,23). The normalized spacial score (nSPS) is 12.5. The first-order chi connectivity index (χ1) is 12.1. The van der Waals surface area contributed by atoms with Crippen molar-refractivity contribution in [1.29, 1.82) is 0 Å². The van der Waals surface area contributed by atoms with Crippen LogP contribution in [0.15, 0.2) is 41.8 Å². The number of aromatic nitrogens is 4. The second kappa shape index (κ2) is 7.65. The highest BCUT2D eigenvalue weighted by molar-refractivity contribution is 7.85.